The molecular formula is C12H21ClN4O. The van der Waals surface area contributed by atoms with Crippen LogP contribution in [0.4, 0.5) is 5.95 Å². The minimum Gasteiger partial charge on any atom is -0.461 e. The molecule has 1 aromatic rings. The molecule has 1 aromatic heterocycles. The zero-order chi connectivity index (χ0) is 13.5. The van der Waals surface area contributed by atoms with Gasteiger partial charge < -0.3 is 9.64 Å². The van der Waals surface area contributed by atoms with Crippen molar-refractivity contribution in [2.75, 3.05) is 18.5 Å². The lowest BCUT2D eigenvalue weighted by molar-refractivity contribution is 0.221. The van der Waals surface area contributed by atoms with Crippen LogP contribution >= 0.6 is 11.6 Å². The number of hydrogen-bond acceptors (Lipinski definition) is 5. The van der Waals surface area contributed by atoms with Gasteiger partial charge in [-0.15, -0.1) is 0 Å². The first-order valence-electron chi connectivity index (χ1n) is 6.32. The molecule has 0 saturated carbocycles. The molecule has 102 valence electrons. The molecule has 0 fully saturated rings. The van der Waals surface area contributed by atoms with Gasteiger partial charge in [-0.1, -0.05) is 19.8 Å². The van der Waals surface area contributed by atoms with E-state index in [4.69, 9.17) is 16.3 Å². The number of hydrogen-bond donors (Lipinski definition) is 0. The lowest BCUT2D eigenvalue weighted by Crippen LogP contribution is -2.22. The lowest BCUT2D eigenvalue weighted by atomic mass is 10.2. The van der Waals surface area contributed by atoms with E-state index in [0.717, 1.165) is 13.0 Å². The molecule has 1 heterocycles. The van der Waals surface area contributed by atoms with Gasteiger partial charge in [0.15, 0.2) is 0 Å². The highest BCUT2D eigenvalue weighted by molar-refractivity contribution is 6.28. The van der Waals surface area contributed by atoms with E-state index in [0.29, 0.717) is 5.95 Å². The third-order valence-electron chi connectivity index (χ3n) is 2.36. The summed E-state index contributed by atoms with van der Waals surface area (Å²) in [5.41, 5.74) is 0. The smallest absolute Gasteiger partial charge is 0.322 e. The minimum atomic E-state index is 0.0155. The first kappa shape index (κ1) is 15.0. The number of ether oxygens (including phenoxy) is 1. The molecule has 0 N–H and O–H groups in total. The molecule has 0 atom stereocenters. The first-order chi connectivity index (χ1) is 8.52. The van der Waals surface area contributed by atoms with Crippen molar-refractivity contribution in [2.45, 2.75) is 46.1 Å². The van der Waals surface area contributed by atoms with E-state index in [9.17, 15) is 0 Å². The average Bonchev–Trinajstić information content (AvgIpc) is 2.27. The van der Waals surface area contributed by atoms with Crippen LogP contribution in [0.2, 0.25) is 5.28 Å². The second-order valence-corrected chi connectivity index (χ2v) is 4.82. The number of rotatable bonds is 7. The molecule has 0 saturated heterocycles. The van der Waals surface area contributed by atoms with Gasteiger partial charge in [0.05, 0.1) is 6.10 Å². The van der Waals surface area contributed by atoms with Gasteiger partial charge >= 0.3 is 6.01 Å². The summed E-state index contributed by atoms with van der Waals surface area (Å²) >= 11 is 5.87. The largest absolute Gasteiger partial charge is 0.461 e. The molecule has 1 rings (SSSR count). The van der Waals surface area contributed by atoms with Crippen LogP contribution in [0.3, 0.4) is 0 Å². The number of unbranched alkanes of at least 4 members (excludes halogenated alkanes) is 2. The molecule has 0 aliphatic heterocycles. The molecule has 0 bridgehead atoms. The fraction of sp³-hybridized carbons (Fsp3) is 0.750. The number of nitrogens with zero attached hydrogens (tertiary/aromatic N) is 4. The second kappa shape index (κ2) is 7.36. The number of aromatic nitrogens is 3. The summed E-state index contributed by atoms with van der Waals surface area (Å²) in [7, 11) is 1.94. The molecule has 0 aliphatic carbocycles. The van der Waals surface area contributed by atoms with Crippen LogP contribution in [-0.2, 0) is 0 Å². The van der Waals surface area contributed by atoms with Gasteiger partial charge in [-0.25, -0.2) is 0 Å². The van der Waals surface area contributed by atoms with Crippen LogP contribution in [0, 0.1) is 0 Å². The van der Waals surface area contributed by atoms with Crippen LogP contribution in [0.1, 0.15) is 40.0 Å². The Balaban J connectivity index is 2.71. The van der Waals surface area contributed by atoms with E-state index in [2.05, 4.69) is 21.9 Å². The normalized spacial score (nSPS) is 10.8. The standard InChI is InChI=1S/C12H21ClN4O/c1-5-6-7-8-17(4)11-14-10(13)15-12(16-11)18-9(2)3/h9H,5-8H2,1-4H3. The zero-order valence-corrected chi connectivity index (χ0v) is 12.2. The van der Waals surface area contributed by atoms with Crippen LogP contribution in [0.5, 0.6) is 6.01 Å². The average molecular weight is 273 g/mol. The maximum atomic E-state index is 5.87. The van der Waals surface area contributed by atoms with Crippen molar-refractivity contribution in [1.29, 1.82) is 0 Å². The van der Waals surface area contributed by atoms with Crippen molar-refractivity contribution in [2.24, 2.45) is 0 Å². The highest BCUT2D eigenvalue weighted by Crippen LogP contribution is 2.15. The van der Waals surface area contributed by atoms with E-state index in [1.165, 1.54) is 12.8 Å². The maximum absolute atomic E-state index is 5.87. The van der Waals surface area contributed by atoms with Gasteiger partial charge in [-0.3, -0.25) is 0 Å². The van der Waals surface area contributed by atoms with Crippen LogP contribution in [0.25, 0.3) is 0 Å². The van der Waals surface area contributed by atoms with E-state index < -0.39 is 0 Å². The summed E-state index contributed by atoms with van der Waals surface area (Å²) in [4.78, 5) is 14.3. The predicted molar refractivity (Wildman–Crippen MR) is 73.4 cm³/mol. The lowest BCUT2D eigenvalue weighted by Gasteiger charge is -2.17. The van der Waals surface area contributed by atoms with Crippen molar-refractivity contribution in [1.82, 2.24) is 15.0 Å². The first-order valence-corrected chi connectivity index (χ1v) is 6.70. The van der Waals surface area contributed by atoms with Crippen LogP contribution < -0.4 is 9.64 Å². The predicted octanol–water partition coefficient (Wildman–Crippen LogP) is 2.94. The number of halogens is 1. The summed E-state index contributed by atoms with van der Waals surface area (Å²) in [5, 5.41) is 0.165. The van der Waals surface area contributed by atoms with Gasteiger partial charge in [0.2, 0.25) is 11.2 Å². The van der Waals surface area contributed by atoms with Crippen LogP contribution in [0.15, 0.2) is 0 Å². The third kappa shape index (κ3) is 5.04. The Labute approximate surface area is 114 Å². The Morgan fingerprint density at radius 1 is 1.22 bits per heavy atom. The number of anilines is 1. The van der Waals surface area contributed by atoms with Gasteiger partial charge in [-0.05, 0) is 31.9 Å². The summed E-state index contributed by atoms with van der Waals surface area (Å²) < 4.78 is 5.44. The van der Waals surface area contributed by atoms with Gasteiger partial charge in [-0.2, -0.15) is 15.0 Å². The summed E-state index contributed by atoms with van der Waals surface area (Å²) in [6, 6.07) is 0.280. The van der Waals surface area contributed by atoms with Crippen molar-refractivity contribution in [3.8, 4) is 6.01 Å². The fourth-order valence-corrected chi connectivity index (χ4v) is 1.60. The Morgan fingerprint density at radius 2 is 1.94 bits per heavy atom. The molecule has 0 spiro atoms. The van der Waals surface area contributed by atoms with E-state index in [1.54, 1.807) is 0 Å². The van der Waals surface area contributed by atoms with Crippen LogP contribution in [-0.4, -0.2) is 34.6 Å². The molecule has 5 nitrogen and oxygen atoms in total. The highest BCUT2D eigenvalue weighted by atomic mass is 35.5. The van der Waals surface area contributed by atoms with E-state index in [1.807, 2.05) is 25.8 Å². The SMILES string of the molecule is CCCCCN(C)c1nc(Cl)nc(OC(C)C)n1. The molecule has 0 radical (unpaired) electrons. The minimum absolute atomic E-state index is 0.0155. The molecule has 0 aliphatic rings. The van der Waals surface area contributed by atoms with Gasteiger partial charge in [0, 0.05) is 13.6 Å². The molecule has 6 heteroatoms. The summed E-state index contributed by atoms with van der Waals surface area (Å²) in [6.45, 7) is 6.91. The molecule has 0 amide bonds. The van der Waals surface area contributed by atoms with Crippen molar-refractivity contribution in [3.05, 3.63) is 5.28 Å². The van der Waals surface area contributed by atoms with E-state index in [-0.39, 0.29) is 17.4 Å². The molecular weight excluding hydrogens is 252 g/mol. The zero-order valence-electron chi connectivity index (χ0n) is 11.5. The summed E-state index contributed by atoms with van der Waals surface area (Å²) in [5.74, 6) is 0.557. The fourth-order valence-electron chi connectivity index (χ4n) is 1.46. The third-order valence-corrected chi connectivity index (χ3v) is 2.52. The quantitative estimate of drug-likeness (QED) is 0.715. The molecule has 0 unspecified atom stereocenters. The van der Waals surface area contributed by atoms with Crippen molar-refractivity contribution < 1.29 is 4.74 Å². The highest BCUT2D eigenvalue weighted by Gasteiger charge is 2.10. The van der Waals surface area contributed by atoms with Gasteiger partial charge in [0.25, 0.3) is 0 Å². The second-order valence-electron chi connectivity index (χ2n) is 4.48. The van der Waals surface area contributed by atoms with Gasteiger partial charge in [0.1, 0.15) is 0 Å². The Kier molecular flexibility index (Phi) is 6.12. The monoisotopic (exact) mass is 272 g/mol. The topological polar surface area (TPSA) is 51.1 Å². The maximum Gasteiger partial charge on any atom is 0.322 e. The Hall–Kier alpha value is -1.10. The Bertz CT molecular complexity index is 373. The summed E-state index contributed by atoms with van der Waals surface area (Å²) in [6.07, 6.45) is 3.50. The Morgan fingerprint density at radius 3 is 2.56 bits per heavy atom. The molecule has 0 aromatic carbocycles. The van der Waals surface area contributed by atoms with Crippen molar-refractivity contribution >= 4 is 17.5 Å². The van der Waals surface area contributed by atoms with Crippen molar-refractivity contribution in [3.63, 3.8) is 0 Å². The van der Waals surface area contributed by atoms with E-state index >= 15 is 0 Å². The molecule has 18 heavy (non-hydrogen) atoms.